The van der Waals surface area contributed by atoms with Crippen molar-refractivity contribution in [2.24, 2.45) is 0 Å². The van der Waals surface area contributed by atoms with E-state index in [2.05, 4.69) is 19.7 Å². The maximum Gasteiger partial charge on any atom is 0.216 e. The fourth-order valence-corrected chi connectivity index (χ4v) is 4.09. The predicted molar refractivity (Wildman–Crippen MR) is 101 cm³/mol. The van der Waals surface area contributed by atoms with Crippen LogP contribution in [0.4, 0.5) is 0 Å². The van der Waals surface area contributed by atoms with Crippen LogP contribution in [0.25, 0.3) is 11.4 Å². The molecule has 6 nitrogen and oxygen atoms in total. The molecule has 3 aromatic rings. The average molecular weight is 368 g/mol. The van der Waals surface area contributed by atoms with E-state index in [0.29, 0.717) is 5.82 Å². The Morgan fingerprint density at radius 2 is 1.77 bits per heavy atom. The summed E-state index contributed by atoms with van der Waals surface area (Å²) in [6, 6.07) is 12.3. The molecule has 2 heterocycles. The molecule has 0 spiro atoms. The third-order valence-corrected chi connectivity index (χ3v) is 5.40. The second-order valence-corrected chi connectivity index (χ2v) is 7.81. The van der Waals surface area contributed by atoms with Gasteiger partial charge in [0.1, 0.15) is 0 Å². The summed E-state index contributed by atoms with van der Waals surface area (Å²) in [5, 5.41) is 0. The molecule has 0 aliphatic heterocycles. The molecular formula is C19H20N4O2S. The number of nitrogens with one attached hydrogen (secondary N) is 1. The zero-order valence-corrected chi connectivity index (χ0v) is 15.4. The van der Waals surface area contributed by atoms with E-state index in [0.717, 1.165) is 22.4 Å². The van der Waals surface area contributed by atoms with Gasteiger partial charge in [-0.2, -0.15) is 0 Å². The number of aryl methyl sites for hydroxylation is 1. The minimum atomic E-state index is -3.47. The summed E-state index contributed by atoms with van der Waals surface area (Å²) in [5.41, 5.74) is 3.10. The standard InChI is InChI=1S/C19H20N4O2S/c1-14-18(12-21-19(22-14)17-8-10-20-11-9-17)15(2)23-26(24,25)13-16-6-4-3-5-7-16/h3-12,15,23H,13H2,1-2H3/t15-/m0/s1. The first-order valence-corrected chi connectivity index (χ1v) is 9.88. The highest BCUT2D eigenvalue weighted by atomic mass is 32.2. The second-order valence-electron chi connectivity index (χ2n) is 6.05. The van der Waals surface area contributed by atoms with Crippen molar-refractivity contribution in [3.05, 3.63) is 77.9 Å². The first kappa shape index (κ1) is 18.2. The number of rotatable bonds is 6. The lowest BCUT2D eigenvalue weighted by Crippen LogP contribution is -2.28. The Morgan fingerprint density at radius 3 is 2.42 bits per heavy atom. The number of aromatic nitrogens is 3. The molecule has 2 aromatic heterocycles. The van der Waals surface area contributed by atoms with Crippen molar-refractivity contribution < 1.29 is 8.42 Å². The van der Waals surface area contributed by atoms with Crippen LogP contribution in [0.1, 0.15) is 29.8 Å². The summed E-state index contributed by atoms with van der Waals surface area (Å²) in [5.74, 6) is 0.528. The van der Waals surface area contributed by atoms with Crippen molar-refractivity contribution in [1.82, 2.24) is 19.7 Å². The van der Waals surface area contributed by atoms with Gasteiger partial charge in [-0.15, -0.1) is 0 Å². The summed E-state index contributed by atoms with van der Waals surface area (Å²) in [7, 11) is -3.47. The van der Waals surface area contributed by atoms with Gasteiger partial charge in [-0.1, -0.05) is 30.3 Å². The lowest BCUT2D eigenvalue weighted by atomic mass is 10.1. The van der Waals surface area contributed by atoms with Crippen molar-refractivity contribution in [3.8, 4) is 11.4 Å². The highest BCUT2D eigenvalue weighted by molar-refractivity contribution is 7.88. The number of sulfonamides is 1. The normalized spacial score (nSPS) is 12.7. The predicted octanol–water partition coefficient (Wildman–Crippen LogP) is 3.03. The molecule has 134 valence electrons. The highest BCUT2D eigenvalue weighted by Gasteiger charge is 2.19. The van der Waals surface area contributed by atoms with Gasteiger partial charge >= 0.3 is 0 Å². The van der Waals surface area contributed by atoms with Crippen LogP contribution < -0.4 is 4.72 Å². The Kier molecular flexibility index (Phi) is 5.39. The van der Waals surface area contributed by atoms with Crippen LogP contribution in [0.3, 0.4) is 0 Å². The smallest absolute Gasteiger partial charge is 0.216 e. The molecule has 0 amide bonds. The van der Waals surface area contributed by atoms with E-state index >= 15 is 0 Å². The molecule has 0 aliphatic carbocycles. The molecule has 0 saturated carbocycles. The first-order chi connectivity index (χ1) is 12.4. The van der Waals surface area contributed by atoms with Crippen molar-refractivity contribution in [1.29, 1.82) is 0 Å². The minimum absolute atomic E-state index is 0.0623. The third-order valence-electron chi connectivity index (χ3n) is 3.98. The van der Waals surface area contributed by atoms with E-state index < -0.39 is 16.1 Å². The number of benzene rings is 1. The maximum atomic E-state index is 12.4. The Morgan fingerprint density at radius 1 is 1.08 bits per heavy atom. The van der Waals surface area contributed by atoms with Crippen LogP contribution in [0, 0.1) is 6.92 Å². The third kappa shape index (κ3) is 4.50. The number of hydrogen-bond acceptors (Lipinski definition) is 5. The van der Waals surface area contributed by atoms with Gasteiger partial charge in [0.25, 0.3) is 0 Å². The Labute approximate surface area is 153 Å². The molecular weight excluding hydrogens is 348 g/mol. The van der Waals surface area contributed by atoms with E-state index in [9.17, 15) is 8.42 Å². The number of pyridine rings is 1. The van der Waals surface area contributed by atoms with Crippen LogP contribution in [0.15, 0.2) is 61.1 Å². The van der Waals surface area contributed by atoms with Gasteiger partial charge in [-0.25, -0.2) is 23.1 Å². The topological polar surface area (TPSA) is 84.8 Å². The molecule has 0 saturated heterocycles. The molecule has 3 rings (SSSR count). The van der Waals surface area contributed by atoms with Crippen molar-refractivity contribution in [3.63, 3.8) is 0 Å². The van der Waals surface area contributed by atoms with Gasteiger partial charge in [-0.05, 0) is 31.5 Å². The number of nitrogens with zero attached hydrogens (tertiary/aromatic N) is 3. The summed E-state index contributed by atoms with van der Waals surface area (Å²) in [6.07, 6.45) is 5.04. The van der Waals surface area contributed by atoms with Crippen molar-refractivity contribution >= 4 is 10.0 Å². The second kappa shape index (κ2) is 7.72. The van der Waals surface area contributed by atoms with Gasteiger partial charge in [0, 0.05) is 41.5 Å². The zero-order chi connectivity index (χ0) is 18.6. The van der Waals surface area contributed by atoms with Gasteiger partial charge < -0.3 is 0 Å². The minimum Gasteiger partial charge on any atom is -0.265 e. The molecule has 0 unspecified atom stereocenters. The molecule has 0 radical (unpaired) electrons. The van der Waals surface area contributed by atoms with Crippen molar-refractivity contribution in [2.45, 2.75) is 25.6 Å². The summed E-state index contributed by atoms with van der Waals surface area (Å²) in [6.45, 7) is 3.64. The van der Waals surface area contributed by atoms with Crippen LogP contribution in [-0.4, -0.2) is 23.4 Å². The van der Waals surface area contributed by atoms with Crippen LogP contribution in [0.2, 0.25) is 0 Å². The van der Waals surface area contributed by atoms with E-state index in [1.165, 1.54) is 0 Å². The van der Waals surface area contributed by atoms with E-state index in [1.54, 1.807) is 37.6 Å². The monoisotopic (exact) mass is 368 g/mol. The molecule has 0 fully saturated rings. The zero-order valence-electron chi connectivity index (χ0n) is 14.6. The van der Waals surface area contributed by atoms with Gasteiger partial charge in [-0.3, -0.25) is 4.98 Å². The SMILES string of the molecule is Cc1nc(-c2ccncc2)ncc1[C@H](C)NS(=O)(=O)Cc1ccccc1. The lowest BCUT2D eigenvalue weighted by molar-refractivity contribution is 0.564. The molecule has 1 N–H and O–H groups in total. The number of hydrogen-bond donors (Lipinski definition) is 1. The summed E-state index contributed by atoms with van der Waals surface area (Å²) >= 11 is 0. The van der Waals surface area contributed by atoms with Crippen molar-refractivity contribution in [2.75, 3.05) is 0 Å². The molecule has 0 bridgehead atoms. The Bertz CT molecular complexity index is 977. The molecule has 1 atom stereocenters. The summed E-state index contributed by atoms with van der Waals surface area (Å²) < 4.78 is 27.6. The van der Waals surface area contributed by atoms with Crippen LogP contribution >= 0.6 is 0 Å². The summed E-state index contributed by atoms with van der Waals surface area (Å²) in [4.78, 5) is 12.9. The average Bonchev–Trinajstić information content (AvgIpc) is 2.62. The van der Waals surface area contributed by atoms with Gasteiger partial charge in [0.2, 0.25) is 10.0 Å². The molecule has 0 aliphatic rings. The van der Waals surface area contributed by atoms with Crippen LogP contribution in [0.5, 0.6) is 0 Å². The first-order valence-electron chi connectivity index (χ1n) is 8.22. The van der Waals surface area contributed by atoms with E-state index in [4.69, 9.17) is 0 Å². The molecule has 26 heavy (non-hydrogen) atoms. The maximum absolute atomic E-state index is 12.4. The molecule has 7 heteroatoms. The van der Waals surface area contributed by atoms with Crippen LogP contribution in [-0.2, 0) is 15.8 Å². The highest BCUT2D eigenvalue weighted by Crippen LogP contribution is 2.20. The van der Waals surface area contributed by atoms with Gasteiger partial charge in [0.15, 0.2) is 5.82 Å². The largest absolute Gasteiger partial charge is 0.265 e. The fourth-order valence-electron chi connectivity index (χ4n) is 2.71. The Hall–Kier alpha value is -2.64. The van der Waals surface area contributed by atoms with E-state index in [-0.39, 0.29) is 5.75 Å². The fraction of sp³-hybridized carbons (Fsp3) is 0.211. The lowest BCUT2D eigenvalue weighted by Gasteiger charge is -2.16. The van der Waals surface area contributed by atoms with Gasteiger partial charge in [0.05, 0.1) is 5.75 Å². The molecule has 1 aromatic carbocycles. The van der Waals surface area contributed by atoms with E-state index in [1.807, 2.05) is 37.3 Å². The quantitative estimate of drug-likeness (QED) is 0.723. The Balaban J connectivity index is 1.76.